The van der Waals surface area contributed by atoms with E-state index in [9.17, 15) is 9.50 Å². The number of aliphatic hydroxyl groups is 1. The highest BCUT2D eigenvalue weighted by Gasteiger charge is 2.23. The van der Waals surface area contributed by atoms with Crippen molar-refractivity contribution in [3.8, 4) is 17.2 Å². The van der Waals surface area contributed by atoms with Crippen molar-refractivity contribution in [3.63, 3.8) is 0 Å². The van der Waals surface area contributed by atoms with Gasteiger partial charge in [-0.3, -0.25) is 0 Å². The minimum absolute atomic E-state index is 0.00792. The molecule has 1 unspecified atom stereocenters. The Morgan fingerprint density at radius 2 is 1.69 bits per heavy atom. The summed E-state index contributed by atoms with van der Waals surface area (Å²) < 4.78 is 28.8. The van der Waals surface area contributed by atoms with Gasteiger partial charge in [0.2, 0.25) is 0 Å². The summed E-state index contributed by atoms with van der Waals surface area (Å²) in [6, 6.07) is 1.38. The summed E-state index contributed by atoms with van der Waals surface area (Å²) in [7, 11) is 4.16. The van der Waals surface area contributed by atoms with Crippen molar-refractivity contribution in [2.45, 2.75) is 13.0 Å². The van der Waals surface area contributed by atoms with Crippen LogP contribution in [-0.2, 0) is 0 Å². The second kappa shape index (κ2) is 5.03. The molecule has 0 heterocycles. The van der Waals surface area contributed by atoms with Crippen molar-refractivity contribution >= 4 is 0 Å². The van der Waals surface area contributed by atoms with E-state index in [1.54, 1.807) is 0 Å². The van der Waals surface area contributed by atoms with Gasteiger partial charge in [0, 0.05) is 6.07 Å². The molecule has 1 N–H and O–H groups in total. The molecule has 0 aliphatic rings. The van der Waals surface area contributed by atoms with E-state index in [1.807, 2.05) is 0 Å². The third-order valence-corrected chi connectivity index (χ3v) is 2.25. The molecular formula is C11H15FO4. The molecule has 1 rings (SSSR count). The van der Waals surface area contributed by atoms with Gasteiger partial charge in [-0.25, -0.2) is 4.39 Å². The van der Waals surface area contributed by atoms with Crippen molar-refractivity contribution in [1.29, 1.82) is 0 Å². The molecular weight excluding hydrogens is 215 g/mol. The Balaban J connectivity index is 3.51. The van der Waals surface area contributed by atoms with Crippen LogP contribution in [0.2, 0.25) is 0 Å². The van der Waals surface area contributed by atoms with Crippen molar-refractivity contribution in [3.05, 3.63) is 17.4 Å². The Morgan fingerprint density at radius 3 is 2.06 bits per heavy atom. The van der Waals surface area contributed by atoms with Gasteiger partial charge < -0.3 is 19.3 Å². The molecule has 90 valence electrons. The molecule has 0 bridgehead atoms. The minimum Gasteiger partial charge on any atom is -0.494 e. The van der Waals surface area contributed by atoms with Gasteiger partial charge in [-0.05, 0) is 6.92 Å². The highest BCUT2D eigenvalue weighted by atomic mass is 19.1. The molecule has 0 saturated carbocycles. The van der Waals surface area contributed by atoms with E-state index in [0.717, 1.165) is 0 Å². The van der Waals surface area contributed by atoms with Crippen molar-refractivity contribution in [2.24, 2.45) is 0 Å². The molecule has 1 atom stereocenters. The van der Waals surface area contributed by atoms with Crippen LogP contribution in [0, 0.1) is 5.82 Å². The molecule has 16 heavy (non-hydrogen) atoms. The van der Waals surface area contributed by atoms with E-state index in [2.05, 4.69) is 0 Å². The molecule has 0 aliphatic heterocycles. The predicted molar refractivity (Wildman–Crippen MR) is 56.7 cm³/mol. The van der Waals surface area contributed by atoms with E-state index < -0.39 is 11.9 Å². The van der Waals surface area contributed by atoms with Gasteiger partial charge in [0.15, 0.2) is 23.1 Å². The molecule has 1 aromatic rings. The van der Waals surface area contributed by atoms with Gasteiger partial charge in [0.25, 0.3) is 0 Å². The number of benzene rings is 1. The van der Waals surface area contributed by atoms with E-state index in [1.165, 1.54) is 34.3 Å². The standard InChI is InChI=1S/C11H15FO4/c1-6(13)9-10(12)7(14-2)5-8(15-3)11(9)16-4/h5-6,13H,1-4H3. The summed E-state index contributed by atoms with van der Waals surface area (Å²) in [6.07, 6.45) is -1.01. The predicted octanol–water partition coefficient (Wildman–Crippen LogP) is 1.90. The SMILES string of the molecule is COc1cc(OC)c(OC)c(C(C)O)c1F. The fourth-order valence-corrected chi connectivity index (χ4v) is 1.50. The van der Waals surface area contributed by atoms with Crippen molar-refractivity contribution < 1.29 is 23.7 Å². The lowest BCUT2D eigenvalue weighted by Crippen LogP contribution is -2.04. The van der Waals surface area contributed by atoms with Crippen molar-refractivity contribution in [1.82, 2.24) is 0 Å². The van der Waals surface area contributed by atoms with Gasteiger partial charge in [-0.1, -0.05) is 0 Å². The highest BCUT2D eigenvalue weighted by Crippen LogP contribution is 2.41. The first-order chi connectivity index (χ1) is 7.56. The van der Waals surface area contributed by atoms with Gasteiger partial charge in [-0.2, -0.15) is 0 Å². The van der Waals surface area contributed by atoms with Crippen LogP contribution in [0.5, 0.6) is 17.2 Å². The van der Waals surface area contributed by atoms with E-state index in [-0.39, 0.29) is 17.1 Å². The van der Waals surface area contributed by atoms with Gasteiger partial charge in [-0.15, -0.1) is 0 Å². The molecule has 0 aromatic heterocycles. The van der Waals surface area contributed by atoms with Crippen LogP contribution >= 0.6 is 0 Å². The zero-order valence-electron chi connectivity index (χ0n) is 9.70. The molecule has 0 spiro atoms. The molecule has 5 heteroatoms. The molecule has 0 amide bonds. The minimum atomic E-state index is -1.01. The molecule has 0 fully saturated rings. The lowest BCUT2D eigenvalue weighted by atomic mass is 10.1. The van der Waals surface area contributed by atoms with Crippen LogP contribution in [0.3, 0.4) is 0 Å². The average molecular weight is 230 g/mol. The van der Waals surface area contributed by atoms with E-state index in [0.29, 0.717) is 5.75 Å². The number of hydrogen-bond acceptors (Lipinski definition) is 4. The molecule has 0 radical (unpaired) electrons. The van der Waals surface area contributed by atoms with Crippen LogP contribution in [0.1, 0.15) is 18.6 Å². The van der Waals surface area contributed by atoms with Crippen LogP contribution in [-0.4, -0.2) is 26.4 Å². The van der Waals surface area contributed by atoms with Crippen LogP contribution in [0.15, 0.2) is 6.07 Å². The summed E-state index contributed by atoms with van der Waals surface area (Å²) in [5, 5.41) is 9.53. The average Bonchev–Trinajstić information content (AvgIpc) is 2.27. The zero-order chi connectivity index (χ0) is 12.3. The lowest BCUT2D eigenvalue weighted by molar-refractivity contribution is 0.185. The number of hydrogen-bond donors (Lipinski definition) is 1. The number of halogens is 1. The second-order valence-corrected chi connectivity index (χ2v) is 3.22. The number of aliphatic hydroxyl groups excluding tert-OH is 1. The summed E-state index contributed by atoms with van der Waals surface area (Å²) >= 11 is 0. The Hall–Kier alpha value is -1.49. The second-order valence-electron chi connectivity index (χ2n) is 3.22. The quantitative estimate of drug-likeness (QED) is 0.858. The maximum Gasteiger partial charge on any atom is 0.174 e. The van der Waals surface area contributed by atoms with Crippen LogP contribution < -0.4 is 14.2 Å². The summed E-state index contributed by atoms with van der Waals surface area (Å²) in [5.74, 6) is -0.142. The largest absolute Gasteiger partial charge is 0.494 e. The Morgan fingerprint density at radius 1 is 1.12 bits per heavy atom. The number of rotatable bonds is 4. The fraction of sp³-hybridized carbons (Fsp3) is 0.455. The first-order valence-electron chi connectivity index (χ1n) is 4.73. The summed E-state index contributed by atoms with van der Waals surface area (Å²) in [5.41, 5.74) is 0.0266. The normalized spacial score (nSPS) is 12.1. The summed E-state index contributed by atoms with van der Waals surface area (Å²) in [6.45, 7) is 1.44. The number of methoxy groups -OCH3 is 3. The van der Waals surface area contributed by atoms with E-state index in [4.69, 9.17) is 14.2 Å². The summed E-state index contributed by atoms with van der Waals surface area (Å²) in [4.78, 5) is 0. The third-order valence-electron chi connectivity index (χ3n) is 2.25. The van der Waals surface area contributed by atoms with Gasteiger partial charge >= 0.3 is 0 Å². The highest BCUT2D eigenvalue weighted by molar-refractivity contribution is 5.53. The molecule has 0 aliphatic carbocycles. The zero-order valence-corrected chi connectivity index (χ0v) is 9.70. The number of ether oxygens (including phenoxy) is 3. The van der Waals surface area contributed by atoms with Crippen LogP contribution in [0.25, 0.3) is 0 Å². The smallest absolute Gasteiger partial charge is 0.174 e. The lowest BCUT2D eigenvalue weighted by Gasteiger charge is -2.17. The maximum absolute atomic E-state index is 13.9. The maximum atomic E-state index is 13.9. The topological polar surface area (TPSA) is 47.9 Å². The molecule has 4 nitrogen and oxygen atoms in total. The third kappa shape index (κ3) is 2.04. The monoisotopic (exact) mass is 230 g/mol. The Labute approximate surface area is 93.6 Å². The van der Waals surface area contributed by atoms with Gasteiger partial charge in [0.05, 0.1) is 33.0 Å². The fourth-order valence-electron chi connectivity index (χ4n) is 1.50. The first kappa shape index (κ1) is 12.6. The Bertz CT molecular complexity index is 377. The van der Waals surface area contributed by atoms with Gasteiger partial charge in [0.1, 0.15) is 0 Å². The molecule has 1 aromatic carbocycles. The molecule has 0 saturated heterocycles. The Kier molecular flexibility index (Phi) is 3.95. The first-order valence-corrected chi connectivity index (χ1v) is 4.73. The van der Waals surface area contributed by atoms with E-state index >= 15 is 0 Å². The van der Waals surface area contributed by atoms with Crippen molar-refractivity contribution in [2.75, 3.05) is 21.3 Å². The van der Waals surface area contributed by atoms with Crippen LogP contribution in [0.4, 0.5) is 4.39 Å².